The first-order chi connectivity index (χ1) is 17.1. The highest BCUT2D eigenvalue weighted by Gasteiger charge is 2.44. The normalized spacial score (nSPS) is 15.9. The van der Waals surface area contributed by atoms with Crippen molar-refractivity contribution >= 4 is 33.6 Å². The van der Waals surface area contributed by atoms with Crippen molar-refractivity contribution in [2.24, 2.45) is 5.73 Å². The molecule has 2 N–H and O–H groups in total. The fourth-order valence-corrected chi connectivity index (χ4v) is 5.02. The van der Waals surface area contributed by atoms with Gasteiger partial charge in [0.05, 0.1) is 43.0 Å². The molecule has 1 heterocycles. The number of benzene rings is 2. The molecule has 1 aliphatic heterocycles. The lowest BCUT2D eigenvalue weighted by Gasteiger charge is -2.38. The van der Waals surface area contributed by atoms with Gasteiger partial charge in [0.2, 0.25) is 0 Å². The molecule has 8 heteroatoms. The summed E-state index contributed by atoms with van der Waals surface area (Å²) in [4.78, 5) is 28.3. The van der Waals surface area contributed by atoms with Gasteiger partial charge in [-0.2, -0.15) is 5.26 Å². The number of carbonyl (C=O) groups is 2. The van der Waals surface area contributed by atoms with Crippen molar-refractivity contribution in [3.05, 3.63) is 86.3 Å². The molecule has 188 valence electrons. The predicted octanol–water partition coefficient (Wildman–Crippen LogP) is 5.59. The van der Waals surface area contributed by atoms with Crippen molar-refractivity contribution in [1.82, 2.24) is 0 Å². The van der Waals surface area contributed by atoms with Crippen LogP contribution in [0.1, 0.15) is 62.1 Å². The Balaban J connectivity index is 2.56. The van der Waals surface area contributed by atoms with Gasteiger partial charge in [-0.15, -0.1) is 0 Å². The topological polar surface area (TPSA) is 106 Å². The van der Waals surface area contributed by atoms with Crippen LogP contribution in [0.3, 0.4) is 0 Å². The molecule has 1 atom stereocenters. The van der Waals surface area contributed by atoms with E-state index in [1.807, 2.05) is 45.9 Å². The summed E-state index contributed by atoms with van der Waals surface area (Å²) in [5.74, 6) is -2.30. The van der Waals surface area contributed by atoms with E-state index in [-0.39, 0.29) is 34.5 Å². The van der Waals surface area contributed by atoms with Crippen LogP contribution in [-0.2, 0) is 19.1 Å². The van der Waals surface area contributed by atoms with Crippen LogP contribution in [0, 0.1) is 11.3 Å². The van der Waals surface area contributed by atoms with Crippen LogP contribution in [0.15, 0.2) is 69.6 Å². The third-order valence-corrected chi connectivity index (χ3v) is 6.67. The number of esters is 2. The smallest absolute Gasteiger partial charge is 0.355 e. The maximum Gasteiger partial charge on any atom is 0.355 e. The Labute approximate surface area is 220 Å². The molecule has 3 rings (SSSR count). The lowest BCUT2D eigenvalue weighted by molar-refractivity contribution is -0.139. The minimum atomic E-state index is -0.908. The number of nitriles is 1. The number of allylic oxidation sites excluding steroid dienone is 1. The van der Waals surface area contributed by atoms with Gasteiger partial charge in [0.25, 0.3) is 0 Å². The van der Waals surface area contributed by atoms with Crippen LogP contribution < -0.4 is 10.6 Å². The number of carbonyl (C=O) groups excluding carboxylic acids is 2. The first-order valence-corrected chi connectivity index (χ1v) is 12.4. The molecular formula is C28H30BrN3O4. The number of methoxy groups -OCH3 is 2. The number of nitrogens with two attached hydrogens (primary N) is 1. The van der Waals surface area contributed by atoms with Crippen LogP contribution in [0.5, 0.6) is 0 Å². The largest absolute Gasteiger partial charge is 0.466 e. The van der Waals surface area contributed by atoms with Crippen LogP contribution in [0.25, 0.3) is 0 Å². The third-order valence-electron chi connectivity index (χ3n) is 6.21. The summed E-state index contributed by atoms with van der Waals surface area (Å²) >= 11 is 3.60. The zero-order valence-corrected chi connectivity index (χ0v) is 22.8. The summed E-state index contributed by atoms with van der Waals surface area (Å²) < 4.78 is 11.2. The van der Waals surface area contributed by atoms with E-state index in [1.54, 1.807) is 24.3 Å². The molecule has 0 bridgehead atoms. The predicted molar refractivity (Wildman–Crippen MR) is 142 cm³/mol. The highest BCUT2D eigenvalue weighted by molar-refractivity contribution is 9.10. The summed E-state index contributed by atoms with van der Waals surface area (Å²) in [6, 6.07) is 15.1. The Morgan fingerprint density at radius 3 is 1.97 bits per heavy atom. The first kappa shape index (κ1) is 27.0. The zero-order chi connectivity index (χ0) is 26.7. The van der Waals surface area contributed by atoms with Gasteiger partial charge >= 0.3 is 11.9 Å². The maximum atomic E-state index is 13.4. The maximum absolute atomic E-state index is 13.4. The van der Waals surface area contributed by atoms with Gasteiger partial charge in [0.15, 0.2) is 0 Å². The number of anilines is 1. The van der Waals surface area contributed by atoms with E-state index >= 15 is 0 Å². The molecule has 2 aromatic carbocycles. The molecule has 0 aliphatic carbocycles. The molecule has 1 unspecified atom stereocenters. The Bertz CT molecular complexity index is 1260. The molecule has 0 saturated heterocycles. The Morgan fingerprint density at radius 1 is 1.00 bits per heavy atom. The van der Waals surface area contributed by atoms with Gasteiger partial charge in [-0.25, -0.2) is 9.59 Å². The monoisotopic (exact) mass is 551 g/mol. The second-order valence-electron chi connectivity index (χ2n) is 9.08. The number of hydrogen-bond donors (Lipinski definition) is 1. The fraction of sp³-hybridized carbons (Fsp3) is 0.321. The molecule has 2 aromatic rings. The fourth-order valence-electron chi connectivity index (χ4n) is 4.53. The van der Waals surface area contributed by atoms with E-state index < -0.39 is 17.9 Å². The molecule has 0 aromatic heterocycles. The molecule has 0 radical (unpaired) electrons. The average Bonchev–Trinajstić information content (AvgIpc) is 2.87. The highest BCUT2D eigenvalue weighted by atomic mass is 79.9. The highest BCUT2D eigenvalue weighted by Crippen LogP contribution is 2.47. The second kappa shape index (κ2) is 11.0. The van der Waals surface area contributed by atoms with Crippen molar-refractivity contribution in [3.8, 4) is 6.07 Å². The van der Waals surface area contributed by atoms with Crippen molar-refractivity contribution in [1.29, 1.82) is 5.26 Å². The molecule has 0 saturated carbocycles. The van der Waals surface area contributed by atoms with E-state index in [4.69, 9.17) is 15.2 Å². The third kappa shape index (κ3) is 4.76. The average molecular weight is 552 g/mol. The van der Waals surface area contributed by atoms with Gasteiger partial charge in [0.1, 0.15) is 11.5 Å². The number of halogens is 1. The number of ether oxygens (including phenoxy) is 2. The Morgan fingerprint density at radius 2 is 1.53 bits per heavy atom. The van der Waals surface area contributed by atoms with Crippen LogP contribution in [0.4, 0.5) is 5.69 Å². The molecule has 7 nitrogen and oxygen atoms in total. The van der Waals surface area contributed by atoms with E-state index in [2.05, 4.69) is 22.0 Å². The summed E-state index contributed by atoms with van der Waals surface area (Å²) in [6.07, 6.45) is 0. The van der Waals surface area contributed by atoms with Gasteiger partial charge < -0.3 is 15.2 Å². The van der Waals surface area contributed by atoms with Gasteiger partial charge in [-0.05, 0) is 40.7 Å². The molecule has 0 amide bonds. The van der Waals surface area contributed by atoms with E-state index in [0.717, 1.165) is 15.6 Å². The quantitative estimate of drug-likeness (QED) is 0.466. The molecule has 1 aliphatic rings. The standard InChI is InChI=1S/C28H30BrN3O4/c1-15(2)19-12-18(29)13-20(16(3)4)24(19)32-25(28(34)36-6)23(27(33)35-5)22(21(14-30)26(32)31)17-10-8-7-9-11-17/h7-13,15-16,22H,31H2,1-6H3. The number of rotatable bonds is 6. The van der Waals surface area contributed by atoms with Crippen molar-refractivity contribution in [2.45, 2.75) is 45.4 Å². The van der Waals surface area contributed by atoms with Gasteiger partial charge in [-0.3, -0.25) is 4.90 Å². The zero-order valence-electron chi connectivity index (χ0n) is 21.3. The number of nitrogens with zero attached hydrogens (tertiary/aromatic N) is 2. The van der Waals surface area contributed by atoms with E-state index in [1.165, 1.54) is 19.1 Å². The summed E-state index contributed by atoms with van der Waals surface area (Å²) in [5, 5.41) is 10.3. The van der Waals surface area contributed by atoms with Gasteiger partial charge in [0, 0.05) is 4.47 Å². The van der Waals surface area contributed by atoms with Crippen LogP contribution >= 0.6 is 15.9 Å². The summed E-state index contributed by atoms with van der Waals surface area (Å²) in [5.41, 5.74) is 9.84. The lowest BCUT2D eigenvalue weighted by atomic mass is 9.80. The van der Waals surface area contributed by atoms with Crippen LogP contribution in [0.2, 0.25) is 0 Å². The SMILES string of the molecule is COC(=O)C1=C(C(=O)OC)N(c2c(C(C)C)cc(Br)cc2C(C)C)C(N)=C(C#N)C1c1ccccc1. The summed E-state index contributed by atoms with van der Waals surface area (Å²) in [6.45, 7) is 8.11. The minimum absolute atomic E-state index is 0.00590. The van der Waals surface area contributed by atoms with Crippen molar-refractivity contribution in [2.75, 3.05) is 19.1 Å². The van der Waals surface area contributed by atoms with Crippen molar-refractivity contribution < 1.29 is 19.1 Å². The van der Waals surface area contributed by atoms with Crippen molar-refractivity contribution in [3.63, 3.8) is 0 Å². The van der Waals surface area contributed by atoms with E-state index in [0.29, 0.717) is 11.3 Å². The van der Waals surface area contributed by atoms with Gasteiger partial charge in [-0.1, -0.05) is 74.0 Å². The molecule has 0 spiro atoms. The minimum Gasteiger partial charge on any atom is -0.466 e. The Kier molecular flexibility index (Phi) is 8.26. The first-order valence-electron chi connectivity index (χ1n) is 11.6. The van der Waals surface area contributed by atoms with E-state index in [9.17, 15) is 14.9 Å². The Hall–Kier alpha value is -3.57. The molecular weight excluding hydrogens is 522 g/mol. The second-order valence-corrected chi connectivity index (χ2v) is 9.99. The molecule has 0 fully saturated rings. The van der Waals surface area contributed by atoms with Crippen LogP contribution in [-0.4, -0.2) is 26.2 Å². The summed E-state index contributed by atoms with van der Waals surface area (Å²) in [7, 11) is 2.48. The molecule has 36 heavy (non-hydrogen) atoms. The lowest BCUT2D eigenvalue weighted by Crippen LogP contribution is -2.41. The number of hydrogen-bond acceptors (Lipinski definition) is 7.